The fraction of sp³-hybridized carbons (Fsp3) is 0.579. The molecule has 0 amide bonds. The highest BCUT2D eigenvalue weighted by atomic mass is 16.5. The van der Waals surface area contributed by atoms with Crippen molar-refractivity contribution in [1.29, 1.82) is 0 Å². The monoisotopic (exact) mass is 290 g/mol. The lowest BCUT2D eigenvalue weighted by molar-refractivity contribution is 0.351. The Labute approximate surface area is 130 Å². The predicted octanol–water partition coefficient (Wildman–Crippen LogP) is 5.55. The topological polar surface area (TPSA) is 18.5 Å². The molecule has 1 aromatic rings. The van der Waals surface area contributed by atoms with Crippen molar-refractivity contribution < 1.29 is 9.47 Å². The Kier molecular flexibility index (Phi) is 9.43. The molecule has 118 valence electrons. The largest absolute Gasteiger partial charge is 0.493 e. The molecular formula is C19H30O2. The second kappa shape index (κ2) is 11.2. The molecule has 0 saturated heterocycles. The fourth-order valence-corrected chi connectivity index (χ4v) is 2.64. The summed E-state index contributed by atoms with van der Waals surface area (Å²) in [5.74, 6) is 1.72. The van der Waals surface area contributed by atoms with Gasteiger partial charge in [0, 0.05) is 0 Å². The Morgan fingerprint density at radius 2 is 1.57 bits per heavy atom. The highest BCUT2D eigenvalue weighted by molar-refractivity contribution is 5.46. The summed E-state index contributed by atoms with van der Waals surface area (Å²) in [6.45, 7) is 3.76. The number of hydrogen-bond acceptors (Lipinski definition) is 2. The molecule has 21 heavy (non-hydrogen) atoms. The highest BCUT2D eigenvalue weighted by Gasteiger charge is 2.08. The first-order chi connectivity index (χ1) is 10.3. The van der Waals surface area contributed by atoms with Crippen LogP contribution >= 0.6 is 0 Å². The van der Waals surface area contributed by atoms with Gasteiger partial charge in [-0.05, 0) is 37.3 Å². The zero-order chi connectivity index (χ0) is 15.3. The van der Waals surface area contributed by atoms with Gasteiger partial charge in [-0.15, -0.1) is 6.58 Å². The van der Waals surface area contributed by atoms with Gasteiger partial charge in [-0.2, -0.15) is 0 Å². The standard InChI is InChI=1S/C19H30O2/c1-4-5-6-7-8-9-10-11-12-14-17-15-13-16-18(20-2)19(17)21-3/h4,13,15-16H,1,5-12,14H2,2-3H3. The van der Waals surface area contributed by atoms with Crippen molar-refractivity contribution in [3.63, 3.8) is 0 Å². The average molecular weight is 290 g/mol. The molecule has 2 heteroatoms. The Morgan fingerprint density at radius 1 is 0.905 bits per heavy atom. The number of allylic oxidation sites excluding steroid dienone is 1. The van der Waals surface area contributed by atoms with Gasteiger partial charge < -0.3 is 9.47 Å². The molecule has 0 unspecified atom stereocenters. The lowest BCUT2D eigenvalue weighted by Gasteiger charge is -2.12. The van der Waals surface area contributed by atoms with Gasteiger partial charge in [0.2, 0.25) is 0 Å². The van der Waals surface area contributed by atoms with E-state index in [4.69, 9.17) is 9.47 Å². The van der Waals surface area contributed by atoms with E-state index < -0.39 is 0 Å². The molecule has 0 heterocycles. The van der Waals surface area contributed by atoms with Gasteiger partial charge in [0.15, 0.2) is 11.5 Å². The molecule has 0 aliphatic rings. The van der Waals surface area contributed by atoms with Gasteiger partial charge in [-0.3, -0.25) is 0 Å². The summed E-state index contributed by atoms with van der Waals surface area (Å²) in [5, 5.41) is 0. The third kappa shape index (κ3) is 6.70. The SMILES string of the molecule is C=CCCCCCCCCCc1cccc(OC)c1OC. The van der Waals surface area contributed by atoms with E-state index in [0.717, 1.165) is 24.3 Å². The van der Waals surface area contributed by atoms with Crippen LogP contribution in [0.3, 0.4) is 0 Å². The van der Waals surface area contributed by atoms with Crippen LogP contribution in [-0.2, 0) is 6.42 Å². The molecule has 0 N–H and O–H groups in total. The van der Waals surface area contributed by atoms with Crippen LogP contribution in [0.2, 0.25) is 0 Å². The molecule has 0 radical (unpaired) electrons. The maximum absolute atomic E-state index is 5.47. The number of hydrogen-bond donors (Lipinski definition) is 0. The molecule has 0 fully saturated rings. The number of aryl methyl sites for hydroxylation is 1. The quantitative estimate of drug-likeness (QED) is 0.371. The minimum Gasteiger partial charge on any atom is -0.493 e. The van der Waals surface area contributed by atoms with Crippen molar-refractivity contribution in [1.82, 2.24) is 0 Å². The highest BCUT2D eigenvalue weighted by Crippen LogP contribution is 2.31. The van der Waals surface area contributed by atoms with E-state index in [9.17, 15) is 0 Å². The summed E-state index contributed by atoms with van der Waals surface area (Å²) in [6, 6.07) is 6.12. The van der Waals surface area contributed by atoms with Crippen LogP contribution in [0.5, 0.6) is 11.5 Å². The number of benzene rings is 1. The number of unbranched alkanes of at least 4 members (excludes halogenated alkanes) is 7. The van der Waals surface area contributed by atoms with E-state index in [1.807, 2.05) is 18.2 Å². The van der Waals surface area contributed by atoms with Crippen molar-refractivity contribution in [3.05, 3.63) is 36.4 Å². The molecule has 0 aromatic heterocycles. The Morgan fingerprint density at radius 3 is 2.19 bits per heavy atom. The minimum atomic E-state index is 0.831. The van der Waals surface area contributed by atoms with Gasteiger partial charge in [0.1, 0.15) is 0 Å². The molecule has 0 bridgehead atoms. The van der Waals surface area contributed by atoms with E-state index >= 15 is 0 Å². The number of para-hydroxylation sites is 1. The third-order valence-electron chi connectivity index (χ3n) is 3.84. The van der Waals surface area contributed by atoms with Crippen molar-refractivity contribution in [2.75, 3.05) is 14.2 Å². The predicted molar refractivity (Wildman–Crippen MR) is 90.4 cm³/mol. The lowest BCUT2D eigenvalue weighted by atomic mass is 10.0. The van der Waals surface area contributed by atoms with Gasteiger partial charge >= 0.3 is 0 Å². The first-order valence-corrected chi connectivity index (χ1v) is 8.14. The van der Waals surface area contributed by atoms with Crippen molar-refractivity contribution >= 4 is 0 Å². The summed E-state index contributed by atoms with van der Waals surface area (Å²) in [5.41, 5.74) is 1.25. The van der Waals surface area contributed by atoms with Gasteiger partial charge in [0.05, 0.1) is 14.2 Å². The summed E-state index contributed by atoms with van der Waals surface area (Å²) in [4.78, 5) is 0. The summed E-state index contributed by atoms with van der Waals surface area (Å²) < 4.78 is 10.8. The van der Waals surface area contributed by atoms with E-state index in [0.29, 0.717) is 0 Å². The van der Waals surface area contributed by atoms with E-state index in [2.05, 4.69) is 12.6 Å². The number of methoxy groups -OCH3 is 2. The Bertz CT molecular complexity index is 399. The zero-order valence-electron chi connectivity index (χ0n) is 13.7. The van der Waals surface area contributed by atoms with Crippen molar-refractivity contribution in [2.24, 2.45) is 0 Å². The molecule has 1 aromatic carbocycles. The van der Waals surface area contributed by atoms with Crippen LogP contribution < -0.4 is 9.47 Å². The van der Waals surface area contributed by atoms with Gasteiger partial charge in [-0.25, -0.2) is 0 Å². The first kappa shape index (κ1) is 17.6. The molecule has 0 spiro atoms. The number of ether oxygens (including phenoxy) is 2. The van der Waals surface area contributed by atoms with Gasteiger partial charge in [-0.1, -0.05) is 50.3 Å². The second-order valence-electron chi connectivity index (χ2n) is 5.45. The zero-order valence-corrected chi connectivity index (χ0v) is 13.7. The lowest BCUT2D eigenvalue weighted by Crippen LogP contribution is -1.96. The first-order valence-electron chi connectivity index (χ1n) is 8.14. The minimum absolute atomic E-state index is 0.831. The molecule has 0 atom stereocenters. The molecule has 1 rings (SSSR count). The number of rotatable bonds is 12. The van der Waals surface area contributed by atoms with E-state index in [1.54, 1.807) is 14.2 Å². The molecular weight excluding hydrogens is 260 g/mol. The van der Waals surface area contributed by atoms with Crippen LogP contribution in [0, 0.1) is 0 Å². The van der Waals surface area contributed by atoms with Gasteiger partial charge in [0.25, 0.3) is 0 Å². The molecule has 2 nitrogen and oxygen atoms in total. The van der Waals surface area contributed by atoms with Crippen molar-refractivity contribution in [3.8, 4) is 11.5 Å². The van der Waals surface area contributed by atoms with Crippen molar-refractivity contribution in [2.45, 2.75) is 57.8 Å². The molecule has 0 saturated carbocycles. The Balaban J connectivity index is 2.19. The van der Waals surface area contributed by atoms with E-state index in [-0.39, 0.29) is 0 Å². The van der Waals surface area contributed by atoms with Crippen LogP contribution in [-0.4, -0.2) is 14.2 Å². The summed E-state index contributed by atoms with van der Waals surface area (Å²) in [7, 11) is 3.40. The average Bonchev–Trinajstić information content (AvgIpc) is 2.52. The van der Waals surface area contributed by atoms with Crippen LogP contribution in [0.4, 0.5) is 0 Å². The maximum atomic E-state index is 5.47. The maximum Gasteiger partial charge on any atom is 0.163 e. The molecule has 0 aliphatic heterocycles. The third-order valence-corrected chi connectivity index (χ3v) is 3.84. The van der Waals surface area contributed by atoms with E-state index in [1.165, 1.54) is 50.5 Å². The fourth-order valence-electron chi connectivity index (χ4n) is 2.64. The second-order valence-corrected chi connectivity index (χ2v) is 5.45. The van der Waals surface area contributed by atoms with Crippen LogP contribution in [0.15, 0.2) is 30.9 Å². The summed E-state index contributed by atoms with van der Waals surface area (Å²) >= 11 is 0. The summed E-state index contributed by atoms with van der Waals surface area (Å²) in [6.07, 6.45) is 13.4. The van der Waals surface area contributed by atoms with Crippen LogP contribution in [0.1, 0.15) is 56.9 Å². The normalized spacial score (nSPS) is 10.4. The Hall–Kier alpha value is -1.44. The smallest absolute Gasteiger partial charge is 0.163 e. The molecule has 0 aliphatic carbocycles. The van der Waals surface area contributed by atoms with Crippen LogP contribution in [0.25, 0.3) is 0 Å².